The molecule has 17 heavy (non-hydrogen) atoms. The Kier molecular flexibility index (Phi) is 3.66. The predicted octanol–water partition coefficient (Wildman–Crippen LogP) is 0.294. The number of ether oxygens (including phenoxy) is 1. The fraction of sp³-hybridized carbons (Fsp3) is 0.833. The van der Waals surface area contributed by atoms with Crippen molar-refractivity contribution in [2.75, 3.05) is 26.3 Å². The van der Waals surface area contributed by atoms with Crippen molar-refractivity contribution in [2.24, 2.45) is 0 Å². The fourth-order valence-electron chi connectivity index (χ4n) is 2.87. The van der Waals surface area contributed by atoms with Crippen LogP contribution in [0.3, 0.4) is 0 Å². The summed E-state index contributed by atoms with van der Waals surface area (Å²) in [5.74, 6) is 0.0392. The van der Waals surface area contributed by atoms with Gasteiger partial charge in [0.1, 0.15) is 5.54 Å². The van der Waals surface area contributed by atoms with E-state index >= 15 is 0 Å². The summed E-state index contributed by atoms with van der Waals surface area (Å²) >= 11 is 0. The van der Waals surface area contributed by atoms with Crippen LogP contribution >= 0.6 is 0 Å². The summed E-state index contributed by atoms with van der Waals surface area (Å²) < 4.78 is 5.30. The summed E-state index contributed by atoms with van der Waals surface area (Å²) in [6.07, 6.45) is 3.62. The zero-order valence-electron chi connectivity index (χ0n) is 10.3. The average Bonchev–Trinajstić information content (AvgIpc) is 2.79. The van der Waals surface area contributed by atoms with Gasteiger partial charge in [-0.3, -0.25) is 9.59 Å². The van der Waals surface area contributed by atoms with E-state index in [0.717, 1.165) is 25.7 Å². The molecule has 2 fully saturated rings. The van der Waals surface area contributed by atoms with Crippen molar-refractivity contribution in [1.29, 1.82) is 0 Å². The topological polar surface area (TPSA) is 58.6 Å². The van der Waals surface area contributed by atoms with Crippen LogP contribution in [0.4, 0.5) is 0 Å². The number of nitrogens with one attached hydrogen (secondary N) is 1. The summed E-state index contributed by atoms with van der Waals surface area (Å²) in [6, 6.07) is 0. The Morgan fingerprint density at radius 3 is 2.71 bits per heavy atom. The van der Waals surface area contributed by atoms with Gasteiger partial charge in [0.05, 0.1) is 13.2 Å². The van der Waals surface area contributed by atoms with Crippen LogP contribution in [0.25, 0.3) is 0 Å². The lowest BCUT2D eigenvalue weighted by Gasteiger charge is -2.43. The molecule has 5 nitrogen and oxygen atoms in total. The highest BCUT2D eigenvalue weighted by atomic mass is 16.5. The van der Waals surface area contributed by atoms with Crippen molar-refractivity contribution in [1.82, 2.24) is 10.2 Å². The Morgan fingerprint density at radius 2 is 2.06 bits per heavy atom. The predicted molar refractivity (Wildman–Crippen MR) is 62.4 cm³/mol. The number of carbonyl (C=O) groups excluding carboxylic acids is 2. The molecule has 2 rings (SSSR count). The van der Waals surface area contributed by atoms with Crippen LogP contribution in [0.1, 0.15) is 32.6 Å². The van der Waals surface area contributed by atoms with Gasteiger partial charge in [-0.2, -0.15) is 0 Å². The SMILES string of the molecule is CCOCCN1C(=O)CNC(=O)C12CCCC2. The molecule has 1 aliphatic heterocycles. The third kappa shape index (κ3) is 2.16. The third-order valence-electron chi connectivity index (χ3n) is 3.73. The van der Waals surface area contributed by atoms with Gasteiger partial charge in [-0.1, -0.05) is 12.8 Å². The lowest BCUT2D eigenvalue weighted by Crippen LogP contribution is -2.66. The van der Waals surface area contributed by atoms with E-state index in [1.54, 1.807) is 4.90 Å². The molecule has 0 aromatic heterocycles. The zero-order valence-corrected chi connectivity index (χ0v) is 10.3. The van der Waals surface area contributed by atoms with Gasteiger partial charge in [0.2, 0.25) is 11.8 Å². The average molecular weight is 240 g/mol. The minimum Gasteiger partial charge on any atom is -0.380 e. The summed E-state index contributed by atoms with van der Waals surface area (Å²) in [5.41, 5.74) is -0.577. The number of nitrogens with zero attached hydrogens (tertiary/aromatic N) is 1. The molecule has 1 spiro atoms. The number of piperazine rings is 1. The minimum atomic E-state index is -0.577. The Labute approximate surface area is 101 Å². The van der Waals surface area contributed by atoms with Crippen molar-refractivity contribution in [3.63, 3.8) is 0 Å². The highest BCUT2D eigenvalue weighted by molar-refractivity contribution is 5.98. The Balaban J connectivity index is 2.11. The number of hydrogen-bond acceptors (Lipinski definition) is 3. The molecule has 1 aliphatic carbocycles. The van der Waals surface area contributed by atoms with Crippen LogP contribution in [0, 0.1) is 0 Å². The minimum absolute atomic E-state index is 0.0195. The van der Waals surface area contributed by atoms with E-state index < -0.39 is 5.54 Å². The standard InChI is InChI=1S/C12H20N2O3/c1-2-17-8-7-14-10(15)9-13-11(16)12(14)5-3-4-6-12/h2-9H2,1H3,(H,13,16). The fourth-order valence-corrected chi connectivity index (χ4v) is 2.87. The molecule has 1 heterocycles. The van der Waals surface area contributed by atoms with E-state index in [9.17, 15) is 9.59 Å². The molecular weight excluding hydrogens is 220 g/mol. The first-order valence-corrected chi connectivity index (χ1v) is 6.37. The summed E-state index contributed by atoms with van der Waals surface area (Å²) in [5, 5.41) is 2.71. The molecule has 0 atom stereocenters. The second kappa shape index (κ2) is 5.04. The Morgan fingerprint density at radius 1 is 1.35 bits per heavy atom. The van der Waals surface area contributed by atoms with Crippen LogP contribution < -0.4 is 5.32 Å². The van der Waals surface area contributed by atoms with E-state index in [1.807, 2.05) is 6.92 Å². The normalized spacial score (nSPS) is 23.2. The Bertz CT molecular complexity index is 311. The highest BCUT2D eigenvalue weighted by Gasteiger charge is 2.50. The number of amides is 2. The second-order valence-electron chi connectivity index (χ2n) is 4.66. The van der Waals surface area contributed by atoms with Gasteiger partial charge < -0.3 is 15.0 Å². The van der Waals surface area contributed by atoms with Gasteiger partial charge in [-0.15, -0.1) is 0 Å². The summed E-state index contributed by atoms with van der Waals surface area (Å²) in [6.45, 7) is 3.74. The van der Waals surface area contributed by atoms with E-state index in [-0.39, 0.29) is 18.4 Å². The monoisotopic (exact) mass is 240 g/mol. The Hall–Kier alpha value is -1.10. The molecule has 1 saturated carbocycles. The van der Waals surface area contributed by atoms with Gasteiger partial charge in [0.15, 0.2) is 0 Å². The quantitative estimate of drug-likeness (QED) is 0.719. The number of hydrogen-bond donors (Lipinski definition) is 1. The largest absolute Gasteiger partial charge is 0.380 e. The van der Waals surface area contributed by atoms with Crippen molar-refractivity contribution < 1.29 is 14.3 Å². The summed E-state index contributed by atoms with van der Waals surface area (Å²) in [4.78, 5) is 25.8. The van der Waals surface area contributed by atoms with Crippen LogP contribution in [0.2, 0.25) is 0 Å². The molecular formula is C12H20N2O3. The first kappa shape index (κ1) is 12.4. The first-order valence-electron chi connectivity index (χ1n) is 6.37. The van der Waals surface area contributed by atoms with E-state index in [2.05, 4.69) is 5.32 Å². The molecule has 5 heteroatoms. The smallest absolute Gasteiger partial charge is 0.246 e. The molecule has 96 valence electrons. The number of carbonyl (C=O) groups is 2. The van der Waals surface area contributed by atoms with Crippen molar-refractivity contribution in [3.05, 3.63) is 0 Å². The second-order valence-corrected chi connectivity index (χ2v) is 4.66. The van der Waals surface area contributed by atoms with Crippen LogP contribution in [-0.2, 0) is 14.3 Å². The molecule has 2 aliphatic rings. The maximum atomic E-state index is 12.1. The van der Waals surface area contributed by atoms with Gasteiger partial charge in [-0.25, -0.2) is 0 Å². The van der Waals surface area contributed by atoms with Crippen LogP contribution in [-0.4, -0.2) is 48.6 Å². The maximum Gasteiger partial charge on any atom is 0.246 e. The van der Waals surface area contributed by atoms with Crippen LogP contribution in [0.15, 0.2) is 0 Å². The molecule has 0 aromatic rings. The van der Waals surface area contributed by atoms with Crippen LogP contribution in [0.5, 0.6) is 0 Å². The molecule has 0 unspecified atom stereocenters. The van der Waals surface area contributed by atoms with E-state index in [1.165, 1.54) is 0 Å². The lowest BCUT2D eigenvalue weighted by molar-refractivity contribution is -0.154. The lowest BCUT2D eigenvalue weighted by atomic mass is 9.91. The molecule has 1 N–H and O–H groups in total. The molecule has 1 saturated heterocycles. The van der Waals surface area contributed by atoms with Gasteiger partial charge in [0, 0.05) is 13.2 Å². The number of rotatable bonds is 4. The molecule has 2 amide bonds. The molecule has 0 radical (unpaired) electrons. The van der Waals surface area contributed by atoms with Crippen molar-refractivity contribution in [2.45, 2.75) is 38.1 Å². The third-order valence-corrected chi connectivity index (χ3v) is 3.73. The molecule has 0 bridgehead atoms. The van der Waals surface area contributed by atoms with E-state index in [0.29, 0.717) is 19.8 Å². The summed E-state index contributed by atoms with van der Waals surface area (Å²) in [7, 11) is 0. The highest BCUT2D eigenvalue weighted by Crippen LogP contribution is 2.36. The van der Waals surface area contributed by atoms with E-state index in [4.69, 9.17) is 4.74 Å². The first-order chi connectivity index (χ1) is 8.20. The van der Waals surface area contributed by atoms with Gasteiger partial charge in [0.25, 0.3) is 0 Å². The molecule has 0 aromatic carbocycles. The van der Waals surface area contributed by atoms with Crippen molar-refractivity contribution in [3.8, 4) is 0 Å². The van der Waals surface area contributed by atoms with Crippen molar-refractivity contribution >= 4 is 11.8 Å². The zero-order chi connectivity index (χ0) is 12.3. The van der Waals surface area contributed by atoms with Gasteiger partial charge in [-0.05, 0) is 19.8 Å². The maximum absolute atomic E-state index is 12.1. The van der Waals surface area contributed by atoms with Gasteiger partial charge >= 0.3 is 0 Å².